The first-order valence-electron chi connectivity index (χ1n) is 8.70. The Morgan fingerprint density at radius 1 is 1.39 bits per heavy atom. The number of guanidine groups is 1. The molecular formula is C16H33N5O2. The Kier molecular flexibility index (Phi) is 10.4. The normalized spacial score (nSPS) is 19.6. The molecule has 0 aromatic heterocycles. The molecular weight excluding hydrogens is 294 g/mol. The summed E-state index contributed by atoms with van der Waals surface area (Å²) in [7, 11) is 1.70. The topological polar surface area (TPSA) is 92.0 Å². The number of piperidine rings is 1. The van der Waals surface area contributed by atoms with Crippen LogP contribution >= 0.6 is 0 Å². The highest BCUT2D eigenvalue weighted by atomic mass is 16.5. The summed E-state index contributed by atoms with van der Waals surface area (Å²) in [5, 5.41) is 6.59. The number of aliphatic imine (C=N–C) groups is 1. The molecule has 4 N–H and O–H groups in total. The highest BCUT2D eigenvalue weighted by Gasteiger charge is 2.23. The van der Waals surface area contributed by atoms with E-state index in [4.69, 9.17) is 10.5 Å². The summed E-state index contributed by atoms with van der Waals surface area (Å²) in [6.07, 6.45) is 3.94. The lowest BCUT2D eigenvalue weighted by Crippen LogP contribution is -2.43. The number of nitrogens with one attached hydrogen (secondary N) is 2. The summed E-state index contributed by atoms with van der Waals surface area (Å²) in [5.74, 6) is 0.721. The lowest BCUT2D eigenvalue weighted by Gasteiger charge is -2.31. The Bertz CT molecular complexity index is 362. The standard InChI is InChI=1S/C16H33N5O2/c1-3-18-16(20-9-6-12-23-2)19-8-5-11-21-10-4-7-14(13-21)15(17)22/h14H,3-13H2,1-2H3,(H2,17,22)(H2,18,19,20). The Hall–Kier alpha value is -1.34. The fourth-order valence-corrected chi connectivity index (χ4v) is 2.74. The van der Waals surface area contributed by atoms with Gasteiger partial charge in [-0.2, -0.15) is 0 Å². The van der Waals surface area contributed by atoms with Gasteiger partial charge in [0.2, 0.25) is 5.91 Å². The first-order chi connectivity index (χ1) is 11.2. The van der Waals surface area contributed by atoms with Gasteiger partial charge in [-0.1, -0.05) is 0 Å². The number of carbonyl (C=O) groups is 1. The molecule has 0 bridgehead atoms. The van der Waals surface area contributed by atoms with Crippen molar-refractivity contribution in [3.05, 3.63) is 0 Å². The third kappa shape index (κ3) is 8.76. The molecule has 1 saturated heterocycles. The molecule has 0 saturated carbocycles. The monoisotopic (exact) mass is 327 g/mol. The zero-order chi connectivity index (χ0) is 16.9. The second-order valence-corrected chi connectivity index (χ2v) is 5.93. The van der Waals surface area contributed by atoms with Crippen molar-refractivity contribution in [1.29, 1.82) is 0 Å². The van der Waals surface area contributed by atoms with Gasteiger partial charge in [-0.05, 0) is 45.7 Å². The van der Waals surface area contributed by atoms with Gasteiger partial charge in [-0.15, -0.1) is 0 Å². The zero-order valence-corrected chi connectivity index (χ0v) is 14.6. The number of methoxy groups -OCH3 is 1. The summed E-state index contributed by atoms with van der Waals surface area (Å²) in [6, 6.07) is 0. The van der Waals surface area contributed by atoms with Gasteiger partial charge in [0, 0.05) is 39.9 Å². The van der Waals surface area contributed by atoms with E-state index >= 15 is 0 Å². The summed E-state index contributed by atoms with van der Waals surface area (Å²) in [4.78, 5) is 18.1. The summed E-state index contributed by atoms with van der Waals surface area (Å²) in [6.45, 7) is 8.13. The number of nitrogens with zero attached hydrogens (tertiary/aromatic N) is 2. The van der Waals surface area contributed by atoms with Crippen molar-refractivity contribution >= 4 is 11.9 Å². The second kappa shape index (κ2) is 12.1. The van der Waals surface area contributed by atoms with Gasteiger partial charge < -0.3 is 26.0 Å². The number of carbonyl (C=O) groups excluding carboxylic acids is 1. The highest BCUT2D eigenvalue weighted by molar-refractivity contribution is 5.79. The Balaban J connectivity index is 2.21. The van der Waals surface area contributed by atoms with Crippen molar-refractivity contribution < 1.29 is 9.53 Å². The van der Waals surface area contributed by atoms with Crippen LogP contribution in [0.4, 0.5) is 0 Å². The molecule has 0 spiro atoms. The third-order valence-electron chi connectivity index (χ3n) is 3.97. The maximum Gasteiger partial charge on any atom is 0.221 e. The number of hydrogen-bond donors (Lipinski definition) is 3. The van der Waals surface area contributed by atoms with Crippen LogP contribution in [0.25, 0.3) is 0 Å². The molecule has 1 fully saturated rings. The number of ether oxygens (including phenoxy) is 1. The van der Waals surface area contributed by atoms with E-state index < -0.39 is 0 Å². The van der Waals surface area contributed by atoms with Crippen LogP contribution in [0.2, 0.25) is 0 Å². The van der Waals surface area contributed by atoms with Crippen molar-refractivity contribution in [3.63, 3.8) is 0 Å². The van der Waals surface area contributed by atoms with Gasteiger partial charge in [-0.3, -0.25) is 9.79 Å². The molecule has 23 heavy (non-hydrogen) atoms. The van der Waals surface area contributed by atoms with E-state index in [9.17, 15) is 4.79 Å². The number of primary amides is 1. The lowest BCUT2D eigenvalue weighted by atomic mass is 9.97. The van der Waals surface area contributed by atoms with Crippen LogP contribution in [0.1, 0.15) is 32.6 Å². The largest absolute Gasteiger partial charge is 0.385 e. The molecule has 7 heteroatoms. The van der Waals surface area contributed by atoms with E-state index in [1.54, 1.807) is 7.11 Å². The first-order valence-corrected chi connectivity index (χ1v) is 8.70. The van der Waals surface area contributed by atoms with Crippen LogP contribution in [0, 0.1) is 5.92 Å². The molecule has 1 aliphatic rings. The molecule has 1 heterocycles. The first kappa shape index (κ1) is 19.7. The summed E-state index contributed by atoms with van der Waals surface area (Å²) in [5.41, 5.74) is 5.41. The number of likely N-dealkylation sites (tertiary alicyclic amines) is 1. The maximum absolute atomic E-state index is 11.3. The molecule has 1 amide bonds. The molecule has 0 radical (unpaired) electrons. The van der Waals surface area contributed by atoms with Crippen LogP contribution < -0.4 is 16.4 Å². The molecule has 0 aromatic rings. The van der Waals surface area contributed by atoms with Gasteiger partial charge in [0.25, 0.3) is 0 Å². The van der Waals surface area contributed by atoms with E-state index in [2.05, 4.69) is 27.4 Å². The molecule has 1 rings (SSSR count). The summed E-state index contributed by atoms with van der Waals surface area (Å²) < 4.78 is 5.03. The van der Waals surface area contributed by atoms with E-state index in [1.807, 2.05) is 0 Å². The molecule has 7 nitrogen and oxygen atoms in total. The quantitative estimate of drug-likeness (QED) is 0.302. The number of amides is 1. The van der Waals surface area contributed by atoms with Gasteiger partial charge in [0.1, 0.15) is 0 Å². The number of hydrogen-bond acceptors (Lipinski definition) is 4. The molecule has 1 aliphatic heterocycles. The van der Waals surface area contributed by atoms with Crippen LogP contribution in [-0.4, -0.2) is 69.8 Å². The van der Waals surface area contributed by atoms with Gasteiger partial charge in [0.15, 0.2) is 5.96 Å². The van der Waals surface area contributed by atoms with E-state index in [0.717, 1.165) is 77.5 Å². The van der Waals surface area contributed by atoms with Crippen LogP contribution in [0.3, 0.4) is 0 Å². The predicted molar refractivity (Wildman–Crippen MR) is 93.4 cm³/mol. The smallest absolute Gasteiger partial charge is 0.221 e. The van der Waals surface area contributed by atoms with Gasteiger partial charge in [0.05, 0.1) is 5.92 Å². The number of rotatable bonds is 10. The molecule has 134 valence electrons. The summed E-state index contributed by atoms with van der Waals surface area (Å²) >= 11 is 0. The average molecular weight is 327 g/mol. The molecule has 0 aromatic carbocycles. The van der Waals surface area contributed by atoms with Crippen molar-refractivity contribution in [1.82, 2.24) is 15.5 Å². The van der Waals surface area contributed by atoms with Crippen molar-refractivity contribution in [2.45, 2.75) is 32.6 Å². The number of nitrogens with two attached hydrogens (primary N) is 1. The van der Waals surface area contributed by atoms with Crippen molar-refractivity contribution in [2.75, 3.05) is 53.0 Å². The zero-order valence-electron chi connectivity index (χ0n) is 14.6. The van der Waals surface area contributed by atoms with Crippen LogP contribution in [0.15, 0.2) is 4.99 Å². The molecule has 1 atom stereocenters. The fourth-order valence-electron chi connectivity index (χ4n) is 2.74. The molecule has 1 unspecified atom stereocenters. The maximum atomic E-state index is 11.3. The van der Waals surface area contributed by atoms with E-state index in [-0.39, 0.29) is 11.8 Å². The Morgan fingerprint density at radius 2 is 2.22 bits per heavy atom. The minimum atomic E-state index is -0.162. The SMILES string of the molecule is CCNC(=NCCCOC)NCCCN1CCCC(C(N)=O)C1. The Labute approximate surface area is 140 Å². The predicted octanol–water partition coefficient (Wildman–Crippen LogP) is 0.165. The van der Waals surface area contributed by atoms with Crippen LogP contribution in [0.5, 0.6) is 0 Å². The highest BCUT2D eigenvalue weighted by Crippen LogP contribution is 2.15. The fraction of sp³-hybridized carbons (Fsp3) is 0.875. The van der Waals surface area contributed by atoms with Gasteiger partial charge in [-0.25, -0.2) is 0 Å². The Morgan fingerprint density at radius 3 is 2.91 bits per heavy atom. The lowest BCUT2D eigenvalue weighted by molar-refractivity contribution is -0.123. The van der Waals surface area contributed by atoms with Crippen molar-refractivity contribution in [3.8, 4) is 0 Å². The van der Waals surface area contributed by atoms with E-state index in [0.29, 0.717) is 0 Å². The average Bonchev–Trinajstić information content (AvgIpc) is 2.55. The minimum absolute atomic E-state index is 0.0244. The van der Waals surface area contributed by atoms with Gasteiger partial charge >= 0.3 is 0 Å². The van der Waals surface area contributed by atoms with Crippen molar-refractivity contribution in [2.24, 2.45) is 16.6 Å². The molecule has 0 aliphatic carbocycles. The minimum Gasteiger partial charge on any atom is -0.385 e. The second-order valence-electron chi connectivity index (χ2n) is 5.93. The van der Waals surface area contributed by atoms with Crippen LogP contribution in [-0.2, 0) is 9.53 Å². The van der Waals surface area contributed by atoms with E-state index in [1.165, 1.54) is 0 Å². The third-order valence-corrected chi connectivity index (χ3v) is 3.97.